The van der Waals surface area contributed by atoms with Gasteiger partial charge in [0.05, 0.1) is 17.1 Å². The minimum absolute atomic E-state index is 0.124. The third-order valence-electron chi connectivity index (χ3n) is 3.52. The molecule has 0 amide bonds. The Bertz CT molecular complexity index is 636. The number of aliphatic hydroxyl groups is 1. The van der Waals surface area contributed by atoms with Gasteiger partial charge in [-0.2, -0.15) is 13.2 Å². The van der Waals surface area contributed by atoms with E-state index >= 15 is 0 Å². The van der Waals surface area contributed by atoms with E-state index < -0.39 is 24.9 Å². The van der Waals surface area contributed by atoms with E-state index in [1.54, 1.807) is 6.92 Å². The van der Waals surface area contributed by atoms with Crippen LogP contribution in [0.1, 0.15) is 38.7 Å². The monoisotopic (exact) mass is 315 g/mol. The second kappa shape index (κ2) is 6.26. The van der Waals surface area contributed by atoms with Crippen molar-refractivity contribution in [3.63, 3.8) is 0 Å². The van der Waals surface area contributed by atoms with Gasteiger partial charge in [-0.05, 0) is 32.9 Å². The number of imidazole rings is 1. The molecule has 2 rings (SSSR count). The van der Waals surface area contributed by atoms with Crippen molar-refractivity contribution in [3.05, 3.63) is 30.1 Å². The number of benzene rings is 1. The number of nitrogens with one attached hydrogen (secondary N) is 1. The third-order valence-corrected chi connectivity index (χ3v) is 3.52. The molecule has 0 aliphatic rings. The lowest BCUT2D eigenvalue weighted by Crippen LogP contribution is -2.39. The maximum atomic E-state index is 12.4. The van der Waals surface area contributed by atoms with Gasteiger partial charge >= 0.3 is 6.18 Å². The first-order valence-corrected chi connectivity index (χ1v) is 7.16. The highest BCUT2D eigenvalue weighted by molar-refractivity contribution is 5.76. The van der Waals surface area contributed by atoms with Gasteiger partial charge in [0.25, 0.3) is 0 Å². The SMILES string of the molecule is CC(C)n1c([C@H](C)NC[C@H](O)C(F)(F)F)nc2ccccc21. The number of hydrogen-bond acceptors (Lipinski definition) is 3. The average molecular weight is 315 g/mol. The fourth-order valence-electron chi connectivity index (χ4n) is 2.41. The van der Waals surface area contributed by atoms with E-state index in [9.17, 15) is 13.2 Å². The molecule has 2 atom stereocenters. The van der Waals surface area contributed by atoms with Gasteiger partial charge in [0.1, 0.15) is 5.82 Å². The lowest BCUT2D eigenvalue weighted by molar-refractivity contribution is -0.202. The highest BCUT2D eigenvalue weighted by Gasteiger charge is 2.38. The Labute approximate surface area is 127 Å². The topological polar surface area (TPSA) is 50.1 Å². The number of alkyl halides is 3. The van der Waals surface area contributed by atoms with Crippen LogP contribution in [-0.2, 0) is 0 Å². The Morgan fingerprint density at radius 1 is 1.23 bits per heavy atom. The zero-order valence-electron chi connectivity index (χ0n) is 12.7. The Morgan fingerprint density at radius 2 is 1.86 bits per heavy atom. The average Bonchev–Trinajstić information content (AvgIpc) is 2.82. The number of aliphatic hydroxyl groups excluding tert-OH is 1. The van der Waals surface area contributed by atoms with Gasteiger partial charge < -0.3 is 15.0 Å². The summed E-state index contributed by atoms with van der Waals surface area (Å²) in [4.78, 5) is 4.51. The molecule has 0 fully saturated rings. The van der Waals surface area contributed by atoms with Crippen LogP contribution < -0.4 is 5.32 Å². The number of halogens is 3. The molecule has 2 N–H and O–H groups in total. The number of hydrogen-bond donors (Lipinski definition) is 2. The standard InChI is InChI=1S/C15H20F3N3O/c1-9(2)21-12-7-5-4-6-11(12)20-14(21)10(3)19-8-13(22)15(16,17)18/h4-7,9-10,13,19,22H,8H2,1-3H3/t10-,13-/m0/s1. The summed E-state index contributed by atoms with van der Waals surface area (Å²) in [6.45, 7) is 5.17. The maximum Gasteiger partial charge on any atom is 0.415 e. The first kappa shape index (κ1) is 16.8. The molecule has 0 radical (unpaired) electrons. The van der Waals surface area contributed by atoms with Crippen molar-refractivity contribution in [3.8, 4) is 0 Å². The summed E-state index contributed by atoms with van der Waals surface area (Å²) >= 11 is 0. The molecule has 2 aromatic rings. The molecule has 0 unspecified atom stereocenters. The van der Waals surface area contributed by atoms with Crippen LogP contribution in [0.2, 0.25) is 0 Å². The van der Waals surface area contributed by atoms with Crippen LogP contribution in [0.5, 0.6) is 0 Å². The third kappa shape index (κ3) is 3.41. The van der Waals surface area contributed by atoms with Crippen molar-refractivity contribution in [2.24, 2.45) is 0 Å². The van der Waals surface area contributed by atoms with Gasteiger partial charge in [0.2, 0.25) is 0 Å². The maximum absolute atomic E-state index is 12.4. The molecule has 0 spiro atoms. The van der Waals surface area contributed by atoms with E-state index in [0.717, 1.165) is 11.0 Å². The van der Waals surface area contributed by atoms with E-state index in [1.165, 1.54) is 0 Å². The molecule has 0 saturated heterocycles. The number of fused-ring (bicyclic) bond motifs is 1. The first-order chi connectivity index (χ1) is 10.2. The molecular formula is C15H20F3N3O. The van der Waals surface area contributed by atoms with E-state index in [1.807, 2.05) is 42.7 Å². The van der Waals surface area contributed by atoms with Gasteiger partial charge in [-0.15, -0.1) is 0 Å². The summed E-state index contributed by atoms with van der Waals surface area (Å²) in [6, 6.07) is 7.29. The Morgan fingerprint density at radius 3 is 2.45 bits per heavy atom. The number of para-hydroxylation sites is 2. The molecule has 1 aromatic carbocycles. The van der Waals surface area contributed by atoms with Gasteiger partial charge in [0.15, 0.2) is 6.10 Å². The van der Waals surface area contributed by atoms with Crippen LogP contribution in [0.4, 0.5) is 13.2 Å². The minimum atomic E-state index is -4.62. The van der Waals surface area contributed by atoms with Crippen LogP contribution in [0.3, 0.4) is 0 Å². The summed E-state index contributed by atoms with van der Waals surface area (Å²) in [6.07, 6.45) is -7.00. The highest BCUT2D eigenvalue weighted by Crippen LogP contribution is 2.25. The number of nitrogens with zero attached hydrogens (tertiary/aromatic N) is 2. The summed E-state index contributed by atoms with van der Waals surface area (Å²) in [5.74, 6) is 0.658. The van der Waals surface area contributed by atoms with Crippen LogP contribution in [-0.4, -0.2) is 33.5 Å². The number of aromatic nitrogens is 2. The summed E-state index contributed by atoms with van der Waals surface area (Å²) in [5, 5.41) is 11.8. The number of rotatable bonds is 5. The smallest absolute Gasteiger partial charge is 0.382 e. The van der Waals surface area contributed by atoms with E-state index in [2.05, 4.69) is 10.3 Å². The van der Waals surface area contributed by atoms with Crippen LogP contribution in [0, 0.1) is 0 Å². The summed E-state index contributed by atoms with van der Waals surface area (Å²) in [7, 11) is 0. The predicted molar refractivity (Wildman–Crippen MR) is 78.6 cm³/mol. The van der Waals surface area contributed by atoms with Gasteiger partial charge in [0, 0.05) is 12.6 Å². The lowest BCUT2D eigenvalue weighted by atomic mass is 10.2. The van der Waals surface area contributed by atoms with Gasteiger partial charge in [-0.25, -0.2) is 4.98 Å². The normalized spacial score (nSPS) is 15.5. The minimum Gasteiger partial charge on any atom is -0.382 e. The first-order valence-electron chi connectivity index (χ1n) is 7.16. The van der Waals surface area contributed by atoms with Crippen molar-refractivity contribution < 1.29 is 18.3 Å². The highest BCUT2D eigenvalue weighted by atomic mass is 19.4. The van der Waals surface area contributed by atoms with E-state index in [0.29, 0.717) is 5.82 Å². The zero-order chi connectivity index (χ0) is 16.5. The van der Waals surface area contributed by atoms with Gasteiger partial charge in [-0.1, -0.05) is 12.1 Å². The molecule has 122 valence electrons. The molecule has 22 heavy (non-hydrogen) atoms. The molecule has 7 heteroatoms. The van der Waals surface area contributed by atoms with Crippen molar-refractivity contribution >= 4 is 11.0 Å². The quantitative estimate of drug-likeness (QED) is 0.891. The summed E-state index contributed by atoms with van der Waals surface area (Å²) in [5.41, 5.74) is 1.74. The summed E-state index contributed by atoms with van der Waals surface area (Å²) < 4.78 is 39.1. The fourth-order valence-corrected chi connectivity index (χ4v) is 2.41. The van der Waals surface area contributed by atoms with E-state index in [-0.39, 0.29) is 6.04 Å². The van der Waals surface area contributed by atoms with Crippen LogP contribution >= 0.6 is 0 Å². The molecular weight excluding hydrogens is 295 g/mol. The van der Waals surface area contributed by atoms with Crippen molar-refractivity contribution in [1.29, 1.82) is 0 Å². The van der Waals surface area contributed by atoms with Gasteiger partial charge in [-0.3, -0.25) is 0 Å². The molecule has 1 aromatic heterocycles. The van der Waals surface area contributed by atoms with Crippen molar-refractivity contribution in [2.75, 3.05) is 6.54 Å². The van der Waals surface area contributed by atoms with Crippen molar-refractivity contribution in [2.45, 2.75) is 45.1 Å². The van der Waals surface area contributed by atoms with Crippen LogP contribution in [0.25, 0.3) is 11.0 Å². The largest absolute Gasteiger partial charge is 0.415 e. The zero-order valence-corrected chi connectivity index (χ0v) is 12.7. The molecule has 0 bridgehead atoms. The van der Waals surface area contributed by atoms with E-state index in [4.69, 9.17) is 5.11 Å². The Kier molecular flexibility index (Phi) is 4.77. The predicted octanol–water partition coefficient (Wildman–Crippen LogP) is 3.19. The molecule has 4 nitrogen and oxygen atoms in total. The van der Waals surface area contributed by atoms with Crippen LogP contribution in [0.15, 0.2) is 24.3 Å². The fraction of sp³-hybridized carbons (Fsp3) is 0.533. The second-order valence-corrected chi connectivity index (χ2v) is 5.61. The molecule has 0 saturated carbocycles. The Balaban J connectivity index is 2.24. The molecule has 1 heterocycles. The second-order valence-electron chi connectivity index (χ2n) is 5.61. The Hall–Kier alpha value is -1.60. The lowest BCUT2D eigenvalue weighted by Gasteiger charge is -2.21. The molecule has 0 aliphatic heterocycles. The molecule has 0 aliphatic carbocycles. The van der Waals surface area contributed by atoms with Crippen molar-refractivity contribution in [1.82, 2.24) is 14.9 Å².